The lowest BCUT2D eigenvalue weighted by Gasteiger charge is -2.21. The number of aromatic hydroxyl groups is 1. The van der Waals surface area contributed by atoms with Crippen molar-refractivity contribution in [3.63, 3.8) is 0 Å². The molecular formula is C20H26N6O3. The van der Waals surface area contributed by atoms with Crippen molar-refractivity contribution in [2.45, 2.75) is 32.1 Å². The van der Waals surface area contributed by atoms with E-state index in [1.54, 1.807) is 18.3 Å². The molecule has 1 heterocycles. The Balaban J connectivity index is 1.71. The number of nitrogens with zero attached hydrogens (tertiary/aromatic N) is 2. The third-order valence-corrected chi connectivity index (χ3v) is 5.03. The van der Waals surface area contributed by atoms with Crippen LogP contribution in [0.25, 0.3) is 11.1 Å². The largest absolute Gasteiger partial charge is 0.507 e. The van der Waals surface area contributed by atoms with Crippen LogP contribution in [0.4, 0.5) is 4.79 Å². The summed E-state index contributed by atoms with van der Waals surface area (Å²) in [7, 11) is 0. The molecule has 1 saturated carbocycles. The van der Waals surface area contributed by atoms with E-state index >= 15 is 0 Å². The molecule has 2 aromatic rings. The first kappa shape index (κ1) is 20.4. The summed E-state index contributed by atoms with van der Waals surface area (Å²) < 4.78 is 5.38. The standard InChI is InChI=1S/C20H26N6O3/c21-25-19(26-22)15-8-14(11-23-12-15)17-9-16(6-7-18(17)27)29-20(28)24-10-13-4-2-1-3-5-13/h6-9,11-13,27H,1-5,10,21-22H2,(H,24,28)(H,25,26). The summed E-state index contributed by atoms with van der Waals surface area (Å²) in [6.07, 6.45) is 8.56. The molecule has 1 aliphatic rings. The number of carbonyl (C=O) groups is 1. The van der Waals surface area contributed by atoms with Gasteiger partial charge < -0.3 is 26.4 Å². The molecule has 154 valence electrons. The number of ether oxygens (including phenoxy) is 1. The number of hydrogen-bond donors (Lipinski definition) is 5. The van der Waals surface area contributed by atoms with Gasteiger partial charge in [0.05, 0.1) is 0 Å². The second-order valence-electron chi connectivity index (χ2n) is 7.04. The fraction of sp³-hybridized carbons (Fsp3) is 0.350. The number of aromatic nitrogens is 1. The number of amidine groups is 1. The van der Waals surface area contributed by atoms with Gasteiger partial charge in [0.15, 0.2) is 5.84 Å². The van der Waals surface area contributed by atoms with Gasteiger partial charge in [0.1, 0.15) is 11.5 Å². The maximum Gasteiger partial charge on any atom is 0.412 e. The molecule has 1 amide bonds. The zero-order chi connectivity index (χ0) is 20.6. The quantitative estimate of drug-likeness (QED) is 0.224. The Morgan fingerprint density at radius 3 is 2.76 bits per heavy atom. The molecule has 0 bridgehead atoms. The van der Waals surface area contributed by atoms with Gasteiger partial charge in [-0.15, -0.1) is 0 Å². The van der Waals surface area contributed by atoms with Crippen molar-refractivity contribution in [1.29, 1.82) is 0 Å². The number of hydrazone groups is 1. The number of hydrazine groups is 1. The van der Waals surface area contributed by atoms with E-state index in [1.165, 1.54) is 37.6 Å². The summed E-state index contributed by atoms with van der Waals surface area (Å²) in [5.41, 5.74) is 3.97. The van der Waals surface area contributed by atoms with E-state index in [-0.39, 0.29) is 11.6 Å². The van der Waals surface area contributed by atoms with Crippen LogP contribution in [-0.4, -0.2) is 28.6 Å². The first-order chi connectivity index (χ1) is 14.1. The van der Waals surface area contributed by atoms with E-state index in [9.17, 15) is 9.90 Å². The van der Waals surface area contributed by atoms with Gasteiger partial charge in [-0.2, -0.15) is 5.10 Å². The van der Waals surface area contributed by atoms with E-state index < -0.39 is 6.09 Å². The Bertz CT molecular complexity index is 880. The van der Waals surface area contributed by atoms with Gasteiger partial charge in [0.25, 0.3) is 0 Å². The van der Waals surface area contributed by atoms with Crippen LogP contribution >= 0.6 is 0 Å². The normalized spacial score (nSPS) is 15.0. The van der Waals surface area contributed by atoms with Crippen molar-refractivity contribution >= 4 is 11.9 Å². The number of benzene rings is 1. The fourth-order valence-corrected chi connectivity index (χ4v) is 3.48. The number of pyridine rings is 1. The van der Waals surface area contributed by atoms with E-state index in [0.29, 0.717) is 34.9 Å². The minimum atomic E-state index is -0.510. The summed E-state index contributed by atoms with van der Waals surface area (Å²) in [6.45, 7) is 0.614. The highest BCUT2D eigenvalue weighted by atomic mass is 16.6. The van der Waals surface area contributed by atoms with Gasteiger partial charge in [-0.05, 0) is 43.0 Å². The van der Waals surface area contributed by atoms with Crippen LogP contribution in [0.5, 0.6) is 11.5 Å². The molecular weight excluding hydrogens is 372 g/mol. The molecule has 0 radical (unpaired) electrons. The Morgan fingerprint density at radius 2 is 2.03 bits per heavy atom. The van der Waals surface area contributed by atoms with Crippen LogP contribution in [0.1, 0.15) is 37.7 Å². The average Bonchev–Trinajstić information content (AvgIpc) is 2.75. The number of rotatable bonds is 5. The summed E-state index contributed by atoms with van der Waals surface area (Å²) in [4.78, 5) is 16.3. The molecule has 29 heavy (non-hydrogen) atoms. The minimum absolute atomic E-state index is 0.0193. The summed E-state index contributed by atoms with van der Waals surface area (Å²) in [5, 5.41) is 16.6. The molecule has 0 saturated heterocycles. The first-order valence-corrected chi connectivity index (χ1v) is 9.59. The Morgan fingerprint density at radius 1 is 1.24 bits per heavy atom. The maximum atomic E-state index is 12.1. The lowest BCUT2D eigenvalue weighted by molar-refractivity contribution is 0.196. The molecule has 0 aliphatic heterocycles. The highest BCUT2D eigenvalue weighted by molar-refractivity contribution is 5.99. The number of hydrogen-bond acceptors (Lipinski definition) is 7. The van der Waals surface area contributed by atoms with E-state index in [2.05, 4.69) is 20.8 Å². The third kappa shape index (κ3) is 5.35. The number of nitrogens with one attached hydrogen (secondary N) is 2. The molecule has 0 unspecified atom stereocenters. The summed E-state index contributed by atoms with van der Waals surface area (Å²) in [6, 6.07) is 6.28. The van der Waals surface area contributed by atoms with Crippen LogP contribution in [-0.2, 0) is 0 Å². The Labute approximate surface area is 169 Å². The Kier molecular flexibility index (Phi) is 6.85. The lowest BCUT2D eigenvalue weighted by Crippen LogP contribution is -2.32. The SMILES string of the molecule is N/N=C(\NN)c1cncc(-c2cc(OC(=O)NCC3CCCCC3)ccc2O)c1. The number of nitrogens with two attached hydrogens (primary N) is 2. The second kappa shape index (κ2) is 9.74. The molecule has 0 atom stereocenters. The highest BCUT2D eigenvalue weighted by Gasteiger charge is 2.16. The molecule has 0 spiro atoms. The van der Waals surface area contributed by atoms with Crippen molar-refractivity contribution in [1.82, 2.24) is 15.7 Å². The van der Waals surface area contributed by atoms with Gasteiger partial charge in [0.2, 0.25) is 0 Å². The molecule has 1 aromatic heterocycles. The fourth-order valence-electron chi connectivity index (χ4n) is 3.48. The third-order valence-electron chi connectivity index (χ3n) is 5.03. The topological polar surface area (TPSA) is 148 Å². The second-order valence-corrected chi connectivity index (χ2v) is 7.04. The van der Waals surface area contributed by atoms with Gasteiger partial charge in [-0.3, -0.25) is 4.98 Å². The molecule has 1 fully saturated rings. The van der Waals surface area contributed by atoms with Gasteiger partial charge in [0, 0.05) is 35.6 Å². The number of carbonyl (C=O) groups excluding carboxylic acids is 1. The van der Waals surface area contributed by atoms with Gasteiger partial charge in [-0.1, -0.05) is 19.3 Å². The molecule has 7 N–H and O–H groups in total. The Hall–Kier alpha value is -3.33. The highest BCUT2D eigenvalue weighted by Crippen LogP contribution is 2.32. The van der Waals surface area contributed by atoms with E-state index in [1.807, 2.05) is 0 Å². The number of amides is 1. The van der Waals surface area contributed by atoms with Crippen molar-refractivity contribution < 1.29 is 14.6 Å². The molecule has 1 aliphatic carbocycles. The maximum absolute atomic E-state index is 12.1. The zero-order valence-electron chi connectivity index (χ0n) is 16.1. The van der Waals surface area contributed by atoms with E-state index in [4.69, 9.17) is 16.4 Å². The molecule has 9 nitrogen and oxygen atoms in total. The van der Waals surface area contributed by atoms with Crippen LogP contribution in [0, 0.1) is 5.92 Å². The summed E-state index contributed by atoms with van der Waals surface area (Å²) in [5.74, 6) is 11.8. The van der Waals surface area contributed by atoms with Crippen molar-refractivity contribution in [3.8, 4) is 22.6 Å². The van der Waals surface area contributed by atoms with Crippen LogP contribution in [0.2, 0.25) is 0 Å². The van der Waals surface area contributed by atoms with Gasteiger partial charge in [-0.25, -0.2) is 10.6 Å². The number of phenols is 1. The van der Waals surface area contributed by atoms with Crippen LogP contribution in [0.3, 0.4) is 0 Å². The number of phenolic OH excluding ortho intramolecular Hbond substituents is 1. The predicted octanol–water partition coefficient (Wildman–Crippen LogP) is 2.21. The smallest absolute Gasteiger partial charge is 0.412 e. The average molecular weight is 398 g/mol. The molecule has 1 aromatic carbocycles. The molecule has 3 rings (SSSR count). The minimum Gasteiger partial charge on any atom is -0.507 e. The lowest BCUT2D eigenvalue weighted by atomic mass is 9.89. The van der Waals surface area contributed by atoms with E-state index in [0.717, 1.165) is 12.8 Å². The van der Waals surface area contributed by atoms with Crippen LogP contribution < -0.4 is 27.2 Å². The van der Waals surface area contributed by atoms with Crippen molar-refractivity contribution in [2.24, 2.45) is 22.7 Å². The first-order valence-electron chi connectivity index (χ1n) is 9.59. The zero-order valence-corrected chi connectivity index (χ0v) is 16.1. The summed E-state index contributed by atoms with van der Waals surface area (Å²) >= 11 is 0. The monoisotopic (exact) mass is 398 g/mol. The van der Waals surface area contributed by atoms with Gasteiger partial charge >= 0.3 is 6.09 Å². The molecule has 9 heteroatoms. The van der Waals surface area contributed by atoms with Crippen LogP contribution in [0.15, 0.2) is 41.8 Å². The van der Waals surface area contributed by atoms with Crippen molar-refractivity contribution in [3.05, 3.63) is 42.2 Å². The van der Waals surface area contributed by atoms with Crippen molar-refractivity contribution in [2.75, 3.05) is 6.54 Å². The predicted molar refractivity (Wildman–Crippen MR) is 110 cm³/mol.